The molecule has 0 fully saturated rings. The molecule has 9 aromatic carbocycles. The van der Waals surface area contributed by atoms with Gasteiger partial charge in [-0.1, -0.05) is 224 Å². The minimum absolute atomic E-state index is 0.632. The molecule has 1 aliphatic heterocycles. The molecule has 0 saturated heterocycles. The molecule has 0 spiro atoms. The Morgan fingerprint density at radius 3 is 1.32 bits per heavy atom. The number of rotatable bonds is 9. The van der Waals surface area contributed by atoms with Gasteiger partial charge in [0.05, 0.1) is 32.6 Å². The number of ether oxygens (including phenoxy) is 1. The maximum Gasteiger partial charge on any atom is 0.160 e. The fraction of sp³-hybridized carbons (Fsp3) is 0. The highest BCUT2D eigenvalue weighted by molar-refractivity contribution is 7.99. The maximum absolute atomic E-state index is 6.86. The van der Waals surface area contributed by atoms with Gasteiger partial charge in [-0.25, -0.2) is 19.9 Å². The van der Waals surface area contributed by atoms with Gasteiger partial charge < -0.3 is 4.74 Å². The largest absolute Gasteiger partial charge is 0.455 e. The van der Waals surface area contributed by atoms with Gasteiger partial charge in [0.15, 0.2) is 11.6 Å². The standard InChI is InChI=1S/C62H40N4OS/c1-7-20-41(21-8-1)49-32-19-33-55-60(49)68-57-37-34-47(38-56(57)67-55)48-35-36-50(53-39-51(42-22-9-2-10-23-42)63-61(65-53)45-28-15-5-16-29-45)58(44-26-13-4-14-27-44)59(48)54-40-52(43-24-11-3-12-25-43)64-62(66-54)46-30-17-6-18-31-46/h1-40H. The van der Waals surface area contributed by atoms with Crippen molar-refractivity contribution in [3.8, 4) is 113 Å². The predicted octanol–water partition coefficient (Wildman–Crippen LogP) is 16.5. The van der Waals surface area contributed by atoms with Gasteiger partial charge >= 0.3 is 0 Å². The third kappa shape index (κ3) is 7.93. The first-order valence-electron chi connectivity index (χ1n) is 22.6. The number of hydrogen-bond donors (Lipinski definition) is 0. The van der Waals surface area contributed by atoms with Crippen LogP contribution in [0.3, 0.4) is 0 Å². The number of nitrogens with zero attached hydrogens (tertiary/aromatic N) is 4. The minimum atomic E-state index is 0.632. The highest BCUT2D eigenvalue weighted by Gasteiger charge is 2.26. The Balaban J connectivity index is 1.13. The summed E-state index contributed by atoms with van der Waals surface area (Å²) >= 11 is 1.75. The highest BCUT2D eigenvalue weighted by atomic mass is 32.2. The van der Waals surface area contributed by atoms with Gasteiger partial charge in [0.1, 0.15) is 11.5 Å². The molecular formula is C62H40N4OS. The molecule has 0 amide bonds. The lowest BCUT2D eigenvalue weighted by Crippen LogP contribution is -2.02. The Bertz CT molecular complexity index is 3480. The van der Waals surface area contributed by atoms with Crippen molar-refractivity contribution in [2.24, 2.45) is 0 Å². The van der Waals surface area contributed by atoms with Gasteiger partial charge in [0.2, 0.25) is 0 Å². The molecule has 2 aromatic heterocycles. The van der Waals surface area contributed by atoms with Crippen LogP contribution in [-0.2, 0) is 0 Å². The summed E-state index contributed by atoms with van der Waals surface area (Å²) in [6, 6.07) is 83.7. The molecule has 0 aliphatic carbocycles. The van der Waals surface area contributed by atoms with Gasteiger partial charge in [-0.2, -0.15) is 0 Å². The van der Waals surface area contributed by atoms with Crippen molar-refractivity contribution in [2.45, 2.75) is 9.79 Å². The summed E-state index contributed by atoms with van der Waals surface area (Å²) < 4.78 is 6.86. The van der Waals surface area contributed by atoms with Crippen LogP contribution in [0.1, 0.15) is 0 Å². The minimum Gasteiger partial charge on any atom is -0.455 e. The van der Waals surface area contributed by atoms with Gasteiger partial charge in [0.25, 0.3) is 0 Å². The second-order valence-electron chi connectivity index (χ2n) is 16.5. The molecule has 0 N–H and O–H groups in total. The fourth-order valence-corrected chi connectivity index (χ4v) is 10.0. The lowest BCUT2D eigenvalue weighted by atomic mass is 9.85. The monoisotopic (exact) mass is 888 g/mol. The Hall–Kier alpha value is -8.71. The quantitative estimate of drug-likeness (QED) is 0.144. The zero-order valence-corrected chi connectivity index (χ0v) is 37.5. The van der Waals surface area contributed by atoms with Crippen molar-refractivity contribution in [3.05, 3.63) is 243 Å². The summed E-state index contributed by atoms with van der Waals surface area (Å²) in [6.07, 6.45) is 0. The van der Waals surface area contributed by atoms with E-state index in [-0.39, 0.29) is 0 Å². The lowest BCUT2D eigenvalue weighted by Gasteiger charge is -2.24. The van der Waals surface area contributed by atoms with E-state index in [4.69, 9.17) is 24.7 Å². The van der Waals surface area contributed by atoms with Crippen LogP contribution >= 0.6 is 11.8 Å². The van der Waals surface area contributed by atoms with Gasteiger partial charge in [-0.05, 0) is 58.1 Å². The van der Waals surface area contributed by atoms with Crippen LogP contribution in [0.4, 0.5) is 0 Å². The van der Waals surface area contributed by atoms with Crippen LogP contribution in [0.15, 0.2) is 252 Å². The van der Waals surface area contributed by atoms with E-state index in [1.165, 1.54) is 0 Å². The Morgan fingerprint density at radius 1 is 0.279 bits per heavy atom. The van der Waals surface area contributed by atoms with E-state index in [2.05, 4.69) is 176 Å². The molecule has 11 aromatic rings. The van der Waals surface area contributed by atoms with Crippen molar-refractivity contribution < 1.29 is 4.74 Å². The van der Waals surface area contributed by atoms with E-state index in [0.717, 1.165) is 111 Å². The van der Waals surface area contributed by atoms with E-state index in [1.54, 1.807) is 11.8 Å². The summed E-state index contributed by atoms with van der Waals surface area (Å²) in [5, 5.41) is 0. The molecular weight excluding hydrogens is 849 g/mol. The van der Waals surface area contributed by atoms with Crippen molar-refractivity contribution >= 4 is 11.8 Å². The number of benzene rings is 9. The van der Waals surface area contributed by atoms with Crippen molar-refractivity contribution in [1.82, 2.24) is 19.9 Å². The third-order valence-electron chi connectivity index (χ3n) is 12.2. The van der Waals surface area contributed by atoms with Crippen molar-refractivity contribution in [3.63, 3.8) is 0 Å². The van der Waals surface area contributed by atoms with E-state index < -0.39 is 0 Å². The number of aromatic nitrogens is 4. The van der Waals surface area contributed by atoms with Gasteiger partial charge in [-0.15, -0.1) is 0 Å². The molecule has 6 heteroatoms. The molecule has 320 valence electrons. The maximum atomic E-state index is 6.86. The second kappa shape index (κ2) is 17.9. The summed E-state index contributed by atoms with van der Waals surface area (Å²) in [5.41, 5.74) is 15.3. The van der Waals surface area contributed by atoms with E-state index >= 15 is 0 Å². The first-order valence-corrected chi connectivity index (χ1v) is 23.4. The molecule has 0 atom stereocenters. The summed E-state index contributed by atoms with van der Waals surface area (Å²) in [4.78, 5) is 23.5. The molecule has 0 saturated carbocycles. The lowest BCUT2D eigenvalue weighted by molar-refractivity contribution is 0.455. The third-order valence-corrected chi connectivity index (χ3v) is 13.4. The smallest absolute Gasteiger partial charge is 0.160 e. The normalized spacial score (nSPS) is 11.6. The SMILES string of the molecule is c1ccc(-c2cc(-c3ccc(-c4ccc5c(c4)Oc4cccc(-c6ccccc6)c4S5)c(-c4cc(-c5ccccc5)nc(-c5ccccc5)n4)c3-c3ccccc3)nc(-c3ccccc3)n2)cc1. The second-order valence-corrected chi connectivity index (χ2v) is 17.6. The number of hydrogen-bond acceptors (Lipinski definition) is 6. The van der Waals surface area contributed by atoms with Crippen LogP contribution in [-0.4, -0.2) is 19.9 Å². The fourth-order valence-electron chi connectivity index (χ4n) is 8.95. The Morgan fingerprint density at radius 2 is 0.750 bits per heavy atom. The molecule has 0 bridgehead atoms. The Kier molecular flexibility index (Phi) is 10.8. The average Bonchev–Trinajstić information content (AvgIpc) is 3.43. The van der Waals surface area contributed by atoms with Gasteiger partial charge in [-0.3, -0.25) is 0 Å². The van der Waals surface area contributed by atoms with Crippen LogP contribution in [0, 0.1) is 0 Å². The van der Waals surface area contributed by atoms with Crippen molar-refractivity contribution in [1.29, 1.82) is 0 Å². The topological polar surface area (TPSA) is 60.8 Å². The van der Waals surface area contributed by atoms with E-state index in [1.807, 2.05) is 66.7 Å². The molecule has 1 aliphatic rings. The van der Waals surface area contributed by atoms with Crippen LogP contribution < -0.4 is 4.74 Å². The summed E-state index contributed by atoms with van der Waals surface area (Å²) in [6.45, 7) is 0. The highest BCUT2D eigenvalue weighted by Crippen LogP contribution is 2.53. The van der Waals surface area contributed by atoms with Crippen LogP contribution in [0.5, 0.6) is 11.5 Å². The zero-order valence-electron chi connectivity index (χ0n) is 36.7. The van der Waals surface area contributed by atoms with E-state index in [9.17, 15) is 0 Å². The summed E-state index contributed by atoms with van der Waals surface area (Å²) in [5.74, 6) is 2.92. The molecule has 0 unspecified atom stereocenters. The zero-order chi connectivity index (χ0) is 45.2. The first kappa shape index (κ1) is 40.8. The predicted molar refractivity (Wildman–Crippen MR) is 277 cm³/mol. The Labute approximate surface area is 399 Å². The molecule has 5 nitrogen and oxygen atoms in total. The van der Waals surface area contributed by atoms with Crippen LogP contribution in [0.25, 0.3) is 101 Å². The summed E-state index contributed by atoms with van der Waals surface area (Å²) in [7, 11) is 0. The van der Waals surface area contributed by atoms with Crippen molar-refractivity contribution in [2.75, 3.05) is 0 Å². The average molecular weight is 889 g/mol. The molecule has 68 heavy (non-hydrogen) atoms. The van der Waals surface area contributed by atoms with E-state index in [0.29, 0.717) is 11.6 Å². The number of fused-ring (bicyclic) bond motifs is 2. The molecule has 12 rings (SSSR count). The first-order chi connectivity index (χ1) is 33.7. The van der Waals surface area contributed by atoms with Crippen LogP contribution in [0.2, 0.25) is 0 Å². The van der Waals surface area contributed by atoms with Gasteiger partial charge in [0, 0.05) is 38.9 Å². The molecule has 3 heterocycles. The molecule has 0 radical (unpaired) electrons.